The minimum Gasteiger partial charge on any atom is -0.305 e. The van der Waals surface area contributed by atoms with Gasteiger partial charge in [0, 0.05) is 6.54 Å². The van der Waals surface area contributed by atoms with Crippen molar-refractivity contribution in [3.05, 3.63) is 59.7 Å². The van der Waals surface area contributed by atoms with Gasteiger partial charge >= 0.3 is 6.18 Å². The second kappa shape index (κ2) is 5.67. The number of rotatable bonds is 3. The Morgan fingerprint density at radius 1 is 0.800 bits per heavy atom. The highest BCUT2D eigenvalue weighted by atomic mass is 19.4. The van der Waals surface area contributed by atoms with Gasteiger partial charge in [-0.15, -0.1) is 0 Å². The standard InChI is InChI=1S/C16H16F3N/c1-20(2)11-12-3-5-13(6-4-12)14-7-9-15(10-8-14)16(17,18)19/h3-10H,11H2,1-2H3. The molecule has 1 nitrogen and oxygen atoms in total. The topological polar surface area (TPSA) is 3.24 Å². The molecule has 0 N–H and O–H groups in total. The van der Waals surface area contributed by atoms with Crippen LogP contribution in [0.2, 0.25) is 0 Å². The van der Waals surface area contributed by atoms with Gasteiger partial charge in [0.05, 0.1) is 5.56 Å². The number of hydrogen-bond acceptors (Lipinski definition) is 1. The summed E-state index contributed by atoms with van der Waals surface area (Å²) < 4.78 is 37.5. The fourth-order valence-electron chi connectivity index (χ4n) is 2.02. The van der Waals surface area contributed by atoms with Gasteiger partial charge in [0.1, 0.15) is 0 Å². The van der Waals surface area contributed by atoms with Crippen LogP contribution in [-0.2, 0) is 12.7 Å². The van der Waals surface area contributed by atoms with Crippen LogP contribution in [0, 0.1) is 0 Å². The fourth-order valence-corrected chi connectivity index (χ4v) is 2.02. The van der Waals surface area contributed by atoms with Crippen molar-refractivity contribution in [2.75, 3.05) is 14.1 Å². The monoisotopic (exact) mass is 279 g/mol. The lowest BCUT2D eigenvalue weighted by Gasteiger charge is -2.11. The summed E-state index contributed by atoms with van der Waals surface area (Å²) in [6.45, 7) is 0.841. The summed E-state index contributed by atoms with van der Waals surface area (Å²) in [7, 11) is 3.98. The minimum atomic E-state index is -4.28. The van der Waals surface area contributed by atoms with Crippen LogP contribution in [0.1, 0.15) is 11.1 Å². The maximum absolute atomic E-state index is 12.5. The van der Waals surface area contributed by atoms with Gasteiger partial charge in [0.15, 0.2) is 0 Å². The number of benzene rings is 2. The maximum Gasteiger partial charge on any atom is 0.416 e. The molecular formula is C16H16F3N. The molecule has 0 bridgehead atoms. The van der Waals surface area contributed by atoms with E-state index in [1.54, 1.807) is 0 Å². The molecule has 0 atom stereocenters. The van der Waals surface area contributed by atoms with Crippen LogP contribution in [0.25, 0.3) is 11.1 Å². The predicted molar refractivity (Wildman–Crippen MR) is 74.3 cm³/mol. The van der Waals surface area contributed by atoms with Crippen molar-refractivity contribution < 1.29 is 13.2 Å². The van der Waals surface area contributed by atoms with Gasteiger partial charge < -0.3 is 4.90 Å². The molecule has 0 aliphatic heterocycles. The van der Waals surface area contributed by atoms with E-state index in [9.17, 15) is 13.2 Å². The van der Waals surface area contributed by atoms with Gasteiger partial charge in [-0.3, -0.25) is 0 Å². The van der Waals surface area contributed by atoms with E-state index in [0.29, 0.717) is 0 Å². The molecule has 106 valence electrons. The SMILES string of the molecule is CN(C)Cc1ccc(-c2ccc(C(F)(F)F)cc2)cc1. The summed E-state index contributed by atoms with van der Waals surface area (Å²) in [5.41, 5.74) is 2.26. The zero-order valence-electron chi connectivity index (χ0n) is 11.4. The third-order valence-electron chi connectivity index (χ3n) is 3.00. The first-order chi connectivity index (χ1) is 9.36. The molecule has 0 saturated heterocycles. The second-order valence-electron chi connectivity index (χ2n) is 5.01. The lowest BCUT2D eigenvalue weighted by atomic mass is 10.0. The molecule has 0 unspecified atom stereocenters. The van der Waals surface area contributed by atoms with Crippen molar-refractivity contribution in [2.24, 2.45) is 0 Å². The van der Waals surface area contributed by atoms with Crippen molar-refractivity contribution in [3.8, 4) is 11.1 Å². The molecule has 0 aromatic heterocycles. The number of alkyl halides is 3. The summed E-state index contributed by atoms with van der Waals surface area (Å²) in [5.74, 6) is 0. The molecule has 0 amide bonds. The molecule has 0 heterocycles. The van der Waals surface area contributed by atoms with E-state index < -0.39 is 11.7 Å². The van der Waals surface area contributed by atoms with Crippen LogP contribution < -0.4 is 0 Å². The first kappa shape index (κ1) is 14.6. The Morgan fingerprint density at radius 2 is 1.25 bits per heavy atom. The van der Waals surface area contributed by atoms with Gasteiger partial charge in [-0.2, -0.15) is 13.2 Å². The van der Waals surface area contributed by atoms with E-state index in [2.05, 4.69) is 4.90 Å². The average Bonchev–Trinajstić information content (AvgIpc) is 2.38. The molecule has 0 spiro atoms. The Kier molecular flexibility index (Phi) is 4.14. The first-order valence-corrected chi connectivity index (χ1v) is 6.27. The smallest absolute Gasteiger partial charge is 0.305 e. The second-order valence-corrected chi connectivity index (χ2v) is 5.01. The van der Waals surface area contributed by atoms with Crippen molar-refractivity contribution in [2.45, 2.75) is 12.7 Å². The van der Waals surface area contributed by atoms with E-state index in [1.807, 2.05) is 38.4 Å². The summed E-state index contributed by atoms with van der Waals surface area (Å²) in [6.07, 6.45) is -4.28. The Balaban J connectivity index is 2.19. The lowest BCUT2D eigenvalue weighted by molar-refractivity contribution is -0.137. The molecule has 0 aliphatic rings. The molecule has 2 rings (SSSR count). The van der Waals surface area contributed by atoms with Crippen LogP contribution in [0.4, 0.5) is 13.2 Å². The molecule has 20 heavy (non-hydrogen) atoms. The molecule has 0 aliphatic carbocycles. The van der Waals surface area contributed by atoms with E-state index >= 15 is 0 Å². The summed E-state index contributed by atoms with van der Waals surface area (Å²) >= 11 is 0. The zero-order valence-corrected chi connectivity index (χ0v) is 11.4. The average molecular weight is 279 g/mol. The van der Waals surface area contributed by atoms with Crippen molar-refractivity contribution >= 4 is 0 Å². The Labute approximate surface area is 116 Å². The van der Waals surface area contributed by atoms with Crippen molar-refractivity contribution in [3.63, 3.8) is 0 Å². The number of nitrogens with zero attached hydrogens (tertiary/aromatic N) is 1. The quantitative estimate of drug-likeness (QED) is 0.803. The van der Waals surface area contributed by atoms with Gasteiger partial charge in [-0.25, -0.2) is 0 Å². The highest BCUT2D eigenvalue weighted by Gasteiger charge is 2.29. The summed E-state index contributed by atoms with van der Waals surface area (Å²) in [5, 5.41) is 0. The molecule has 0 fully saturated rings. The minimum absolute atomic E-state index is 0.620. The Bertz CT molecular complexity index is 554. The highest BCUT2D eigenvalue weighted by molar-refractivity contribution is 5.64. The van der Waals surface area contributed by atoms with E-state index in [0.717, 1.165) is 29.8 Å². The van der Waals surface area contributed by atoms with E-state index in [1.165, 1.54) is 17.7 Å². The van der Waals surface area contributed by atoms with Gasteiger partial charge in [0.25, 0.3) is 0 Å². The molecular weight excluding hydrogens is 263 g/mol. The van der Waals surface area contributed by atoms with Gasteiger partial charge in [-0.1, -0.05) is 36.4 Å². The van der Waals surface area contributed by atoms with Crippen LogP contribution in [0.15, 0.2) is 48.5 Å². The van der Waals surface area contributed by atoms with Crippen molar-refractivity contribution in [1.82, 2.24) is 4.90 Å². The van der Waals surface area contributed by atoms with E-state index in [4.69, 9.17) is 0 Å². The highest BCUT2D eigenvalue weighted by Crippen LogP contribution is 2.31. The largest absolute Gasteiger partial charge is 0.416 e. The fraction of sp³-hybridized carbons (Fsp3) is 0.250. The van der Waals surface area contributed by atoms with Crippen LogP contribution in [-0.4, -0.2) is 19.0 Å². The summed E-state index contributed by atoms with van der Waals surface area (Å²) in [4.78, 5) is 2.06. The zero-order chi connectivity index (χ0) is 14.8. The summed E-state index contributed by atoms with van der Waals surface area (Å²) in [6, 6.07) is 13.1. The van der Waals surface area contributed by atoms with E-state index in [-0.39, 0.29) is 0 Å². The molecule has 2 aromatic carbocycles. The number of halogens is 3. The van der Waals surface area contributed by atoms with Crippen molar-refractivity contribution in [1.29, 1.82) is 0 Å². The third-order valence-corrected chi connectivity index (χ3v) is 3.00. The first-order valence-electron chi connectivity index (χ1n) is 6.27. The molecule has 0 radical (unpaired) electrons. The maximum atomic E-state index is 12.5. The Hall–Kier alpha value is -1.81. The Morgan fingerprint density at radius 3 is 1.65 bits per heavy atom. The normalized spacial score (nSPS) is 11.9. The molecule has 4 heteroatoms. The lowest BCUT2D eigenvalue weighted by Crippen LogP contribution is -2.10. The molecule has 0 saturated carbocycles. The van der Waals surface area contributed by atoms with Crippen LogP contribution in [0.5, 0.6) is 0 Å². The van der Waals surface area contributed by atoms with Crippen LogP contribution in [0.3, 0.4) is 0 Å². The van der Waals surface area contributed by atoms with Crippen LogP contribution >= 0.6 is 0 Å². The molecule has 2 aromatic rings. The third kappa shape index (κ3) is 3.61. The van der Waals surface area contributed by atoms with Gasteiger partial charge in [0.2, 0.25) is 0 Å². The number of hydrogen-bond donors (Lipinski definition) is 0. The predicted octanol–water partition coefficient (Wildman–Crippen LogP) is 4.43. The van der Waals surface area contributed by atoms with Gasteiger partial charge in [-0.05, 0) is 42.9 Å².